The molecular formula is C20H20N4O4. The van der Waals surface area contributed by atoms with Crippen molar-refractivity contribution in [1.29, 1.82) is 0 Å². The molecule has 1 amide bonds. The van der Waals surface area contributed by atoms with Crippen molar-refractivity contribution >= 4 is 5.91 Å². The van der Waals surface area contributed by atoms with Crippen LogP contribution < -0.4 is 20.3 Å². The van der Waals surface area contributed by atoms with Crippen molar-refractivity contribution in [3.05, 3.63) is 70.3 Å². The number of hydrogen-bond donors (Lipinski definition) is 2. The molecule has 0 saturated heterocycles. The largest absolute Gasteiger partial charge is 0.497 e. The van der Waals surface area contributed by atoms with Crippen LogP contribution >= 0.6 is 0 Å². The number of rotatable bonds is 6. The zero-order valence-electron chi connectivity index (χ0n) is 15.7. The van der Waals surface area contributed by atoms with Crippen LogP contribution in [0.3, 0.4) is 0 Å². The minimum atomic E-state index is -0.544. The topological polar surface area (TPSA) is 106 Å². The first-order valence-corrected chi connectivity index (χ1v) is 8.57. The van der Waals surface area contributed by atoms with E-state index >= 15 is 0 Å². The Labute approximate surface area is 161 Å². The van der Waals surface area contributed by atoms with E-state index in [9.17, 15) is 9.59 Å². The number of carbonyl (C=O) groups is 1. The fourth-order valence-corrected chi connectivity index (χ4v) is 2.72. The predicted octanol–water partition coefficient (Wildman–Crippen LogP) is 2.34. The van der Waals surface area contributed by atoms with Crippen LogP contribution in [0.15, 0.2) is 53.6 Å². The van der Waals surface area contributed by atoms with Crippen LogP contribution in [0.2, 0.25) is 0 Å². The molecule has 0 aliphatic rings. The van der Waals surface area contributed by atoms with Crippen LogP contribution in [-0.4, -0.2) is 35.1 Å². The van der Waals surface area contributed by atoms with E-state index in [2.05, 4.69) is 20.3 Å². The minimum Gasteiger partial charge on any atom is -0.497 e. The number of H-pyrrole nitrogens is 1. The van der Waals surface area contributed by atoms with Gasteiger partial charge in [0.25, 0.3) is 11.5 Å². The lowest BCUT2D eigenvalue weighted by Gasteiger charge is -2.18. The Balaban J connectivity index is 1.82. The molecule has 3 aromatic rings. The van der Waals surface area contributed by atoms with E-state index in [0.29, 0.717) is 23.0 Å². The van der Waals surface area contributed by atoms with Crippen LogP contribution in [0.4, 0.5) is 0 Å². The summed E-state index contributed by atoms with van der Waals surface area (Å²) in [4.78, 5) is 35.8. The van der Waals surface area contributed by atoms with Gasteiger partial charge in [0.05, 0.1) is 20.3 Å². The van der Waals surface area contributed by atoms with Crippen LogP contribution in [0.25, 0.3) is 11.5 Å². The molecule has 0 aliphatic heterocycles. The first-order valence-electron chi connectivity index (χ1n) is 8.57. The summed E-state index contributed by atoms with van der Waals surface area (Å²) in [6, 6.07) is 10.1. The van der Waals surface area contributed by atoms with Gasteiger partial charge in [0.2, 0.25) is 0 Å². The van der Waals surface area contributed by atoms with Gasteiger partial charge in [-0.3, -0.25) is 14.6 Å². The second-order valence-corrected chi connectivity index (χ2v) is 5.99. The normalized spacial score (nSPS) is 11.5. The fraction of sp³-hybridized carbons (Fsp3) is 0.200. The highest BCUT2D eigenvalue weighted by molar-refractivity contribution is 5.93. The van der Waals surface area contributed by atoms with Crippen LogP contribution in [0.5, 0.6) is 11.5 Å². The molecule has 144 valence electrons. The molecule has 1 unspecified atom stereocenters. The number of amides is 1. The Bertz CT molecular complexity index is 1030. The van der Waals surface area contributed by atoms with Gasteiger partial charge in [-0.15, -0.1) is 0 Å². The monoisotopic (exact) mass is 380 g/mol. The van der Waals surface area contributed by atoms with E-state index < -0.39 is 17.5 Å². The second-order valence-electron chi connectivity index (χ2n) is 5.99. The molecule has 2 N–H and O–H groups in total. The fourth-order valence-electron chi connectivity index (χ4n) is 2.72. The Kier molecular flexibility index (Phi) is 5.69. The van der Waals surface area contributed by atoms with Crippen LogP contribution in [0, 0.1) is 0 Å². The third-order valence-electron chi connectivity index (χ3n) is 4.20. The van der Waals surface area contributed by atoms with Gasteiger partial charge in [0.1, 0.15) is 22.8 Å². The zero-order valence-corrected chi connectivity index (χ0v) is 15.7. The van der Waals surface area contributed by atoms with Gasteiger partial charge in [-0.05, 0) is 37.3 Å². The summed E-state index contributed by atoms with van der Waals surface area (Å²) in [5, 5.41) is 2.79. The lowest BCUT2D eigenvalue weighted by atomic mass is 10.1. The number of aromatic nitrogens is 3. The van der Waals surface area contributed by atoms with E-state index in [4.69, 9.17) is 9.47 Å². The summed E-state index contributed by atoms with van der Waals surface area (Å²) in [5.41, 5.74) is 0.608. The van der Waals surface area contributed by atoms with Crippen molar-refractivity contribution in [3.63, 3.8) is 0 Å². The summed E-state index contributed by atoms with van der Waals surface area (Å²) in [5.74, 6) is 0.991. The molecular weight excluding hydrogens is 360 g/mol. The second kappa shape index (κ2) is 8.34. The smallest absolute Gasteiger partial charge is 0.264 e. The van der Waals surface area contributed by atoms with Crippen molar-refractivity contribution in [2.24, 2.45) is 0 Å². The van der Waals surface area contributed by atoms with E-state index in [1.807, 2.05) is 0 Å². The Morgan fingerprint density at radius 2 is 1.96 bits per heavy atom. The average Bonchev–Trinajstić information content (AvgIpc) is 2.73. The summed E-state index contributed by atoms with van der Waals surface area (Å²) in [6.45, 7) is 1.79. The molecule has 2 heterocycles. The minimum absolute atomic E-state index is 0.0894. The number of aromatic amines is 1. The van der Waals surface area contributed by atoms with E-state index in [-0.39, 0.29) is 5.56 Å². The third kappa shape index (κ3) is 4.01. The highest BCUT2D eigenvalue weighted by atomic mass is 16.5. The standard InChI is InChI=1S/C20H20N4O4/c1-12(14-10-13(27-2)7-8-17(14)28-3)23-19(25)15-11-22-18(24-20(15)26)16-6-4-5-9-21-16/h4-12H,1-3H3,(H,23,25)(H,22,24,26). The lowest BCUT2D eigenvalue weighted by molar-refractivity contribution is 0.0937. The highest BCUT2D eigenvalue weighted by Crippen LogP contribution is 2.29. The molecule has 0 fully saturated rings. The number of methoxy groups -OCH3 is 2. The summed E-state index contributed by atoms with van der Waals surface area (Å²) >= 11 is 0. The molecule has 0 aliphatic carbocycles. The number of nitrogens with zero attached hydrogens (tertiary/aromatic N) is 2. The third-order valence-corrected chi connectivity index (χ3v) is 4.20. The lowest BCUT2D eigenvalue weighted by Crippen LogP contribution is -2.32. The quantitative estimate of drug-likeness (QED) is 0.680. The van der Waals surface area contributed by atoms with Crippen molar-refractivity contribution in [2.45, 2.75) is 13.0 Å². The average molecular weight is 380 g/mol. The van der Waals surface area contributed by atoms with Gasteiger partial charge in [-0.1, -0.05) is 6.07 Å². The molecule has 0 radical (unpaired) electrons. The predicted molar refractivity (Wildman–Crippen MR) is 104 cm³/mol. The van der Waals surface area contributed by atoms with E-state index in [1.54, 1.807) is 63.7 Å². The molecule has 3 rings (SSSR count). The van der Waals surface area contributed by atoms with Gasteiger partial charge >= 0.3 is 0 Å². The van der Waals surface area contributed by atoms with Crippen molar-refractivity contribution < 1.29 is 14.3 Å². The Morgan fingerprint density at radius 3 is 2.61 bits per heavy atom. The number of nitrogens with one attached hydrogen (secondary N) is 2. The molecule has 1 aromatic carbocycles. The maximum Gasteiger partial charge on any atom is 0.264 e. The molecule has 28 heavy (non-hydrogen) atoms. The maximum atomic E-state index is 12.6. The summed E-state index contributed by atoms with van der Waals surface area (Å²) < 4.78 is 10.6. The molecule has 1 atom stereocenters. The molecule has 0 spiro atoms. The van der Waals surface area contributed by atoms with Crippen molar-refractivity contribution in [3.8, 4) is 23.0 Å². The first kappa shape index (κ1) is 19.1. The van der Waals surface area contributed by atoms with Crippen LogP contribution in [-0.2, 0) is 0 Å². The first-order chi connectivity index (χ1) is 13.5. The molecule has 2 aromatic heterocycles. The van der Waals surface area contributed by atoms with Gasteiger partial charge < -0.3 is 19.8 Å². The summed E-state index contributed by atoms with van der Waals surface area (Å²) in [7, 11) is 3.11. The van der Waals surface area contributed by atoms with Gasteiger partial charge in [-0.25, -0.2) is 4.98 Å². The Hall–Kier alpha value is -3.68. The molecule has 0 bridgehead atoms. The van der Waals surface area contributed by atoms with E-state index in [0.717, 1.165) is 5.56 Å². The number of hydrogen-bond acceptors (Lipinski definition) is 6. The molecule has 8 nitrogen and oxygen atoms in total. The number of carbonyl (C=O) groups excluding carboxylic acids is 1. The van der Waals surface area contributed by atoms with Gasteiger partial charge in [-0.2, -0.15) is 0 Å². The van der Waals surface area contributed by atoms with Crippen molar-refractivity contribution in [1.82, 2.24) is 20.3 Å². The summed E-state index contributed by atoms with van der Waals surface area (Å²) in [6.07, 6.45) is 2.84. The van der Waals surface area contributed by atoms with Crippen LogP contribution in [0.1, 0.15) is 28.9 Å². The molecule has 0 saturated carbocycles. The number of ether oxygens (including phenoxy) is 2. The Morgan fingerprint density at radius 1 is 1.14 bits per heavy atom. The maximum absolute atomic E-state index is 12.6. The SMILES string of the molecule is COc1ccc(OC)c(C(C)NC(=O)c2cnc(-c3ccccn3)[nH]c2=O)c1. The number of pyridine rings is 1. The van der Waals surface area contributed by atoms with Gasteiger partial charge in [0.15, 0.2) is 5.82 Å². The van der Waals surface area contributed by atoms with Gasteiger partial charge in [0, 0.05) is 18.0 Å². The highest BCUT2D eigenvalue weighted by Gasteiger charge is 2.19. The molecule has 8 heteroatoms. The van der Waals surface area contributed by atoms with E-state index in [1.165, 1.54) is 6.20 Å². The number of benzene rings is 1. The zero-order chi connectivity index (χ0) is 20.1. The van der Waals surface area contributed by atoms with Crippen molar-refractivity contribution in [2.75, 3.05) is 14.2 Å².